The molecule has 0 bridgehead atoms. The highest BCUT2D eigenvalue weighted by Crippen LogP contribution is 2.25. The van der Waals surface area contributed by atoms with E-state index in [1.165, 1.54) is 31.5 Å². The van der Waals surface area contributed by atoms with Gasteiger partial charge in [0.15, 0.2) is 0 Å². The molecular weight excluding hydrogens is 300 g/mol. The number of pyridine rings is 1. The second-order valence-corrected chi connectivity index (χ2v) is 7.31. The van der Waals surface area contributed by atoms with Crippen LogP contribution in [0.4, 0.5) is 0 Å². The summed E-state index contributed by atoms with van der Waals surface area (Å²) < 4.78 is 2.23. The van der Waals surface area contributed by atoms with Crippen LogP contribution in [0.1, 0.15) is 37.1 Å². The van der Waals surface area contributed by atoms with Crippen LogP contribution in [0.3, 0.4) is 0 Å². The second kappa shape index (κ2) is 6.82. The van der Waals surface area contributed by atoms with Crippen molar-refractivity contribution in [3.8, 4) is 0 Å². The van der Waals surface area contributed by atoms with Crippen molar-refractivity contribution < 1.29 is 5.11 Å². The van der Waals surface area contributed by atoms with Crippen LogP contribution >= 0.6 is 0 Å². The molecule has 2 aromatic heterocycles. The van der Waals surface area contributed by atoms with Gasteiger partial charge in [-0.15, -0.1) is 0 Å². The molecule has 2 aliphatic heterocycles. The van der Waals surface area contributed by atoms with Gasteiger partial charge in [0.2, 0.25) is 0 Å². The van der Waals surface area contributed by atoms with Crippen molar-refractivity contribution in [2.24, 2.45) is 0 Å². The molecular formula is C19H28N4O. The lowest BCUT2D eigenvalue weighted by atomic mass is 10.1. The monoisotopic (exact) mass is 328 g/mol. The topological polar surface area (TPSA) is 44.0 Å². The van der Waals surface area contributed by atoms with Gasteiger partial charge in [0.05, 0.1) is 18.0 Å². The zero-order valence-electron chi connectivity index (χ0n) is 14.6. The first-order valence-electron chi connectivity index (χ1n) is 9.28. The van der Waals surface area contributed by atoms with Gasteiger partial charge in [-0.3, -0.25) is 9.80 Å². The minimum Gasteiger partial charge on any atom is -0.395 e. The van der Waals surface area contributed by atoms with Crippen molar-refractivity contribution in [1.82, 2.24) is 19.2 Å². The summed E-state index contributed by atoms with van der Waals surface area (Å²) in [7, 11) is 0. The first kappa shape index (κ1) is 16.1. The van der Waals surface area contributed by atoms with E-state index in [1.54, 1.807) is 0 Å². The van der Waals surface area contributed by atoms with Crippen LogP contribution in [0.15, 0.2) is 24.4 Å². The van der Waals surface area contributed by atoms with Gasteiger partial charge < -0.3 is 9.51 Å². The predicted octanol–water partition coefficient (Wildman–Crippen LogP) is 2.06. The molecule has 0 saturated carbocycles. The highest BCUT2D eigenvalue weighted by atomic mass is 16.3. The quantitative estimate of drug-likeness (QED) is 0.912. The first-order valence-corrected chi connectivity index (χ1v) is 9.28. The number of hydrogen-bond acceptors (Lipinski definition) is 4. The lowest BCUT2D eigenvalue weighted by molar-refractivity contribution is 0.119. The highest BCUT2D eigenvalue weighted by Gasteiger charge is 2.31. The molecule has 4 rings (SSSR count). The Kier molecular flexibility index (Phi) is 4.57. The Bertz CT molecular complexity index is 698. The fraction of sp³-hybridized carbons (Fsp3) is 0.632. The molecule has 5 nitrogen and oxygen atoms in total. The Balaban J connectivity index is 1.49. The van der Waals surface area contributed by atoms with Gasteiger partial charge in [0.25, 0.3) is 0 Å². The van der Waals surface area contributed by atoms with E-state index in [0.29, 0.717) is 18.7 Å². The molecule has 2 fully saturated rings. The Morgan fingerprint density at radius 3 is 2.75 bits per heavy atom. The summed E-state index contributed by atoms with van der Waals surface area (Å²) in [5, 5.41) is 9.57. The van der Waals surface area contributed by atoms with Crippen molar-refractivity contribution in [2.45, 2.75) is 51.2 Å². The molecule has 5 heteroatoms. The third kappa shape index (κ3) is 2.96. The van der Waals surface area contributed by atoms with Crippen molar-refractivity contribution in [2.75, 3.05) is 26.2 Å². The fourth-order valence-corrected chi connectivity index (χ4v) is 4.47. The van der Waals surface area contributed by atoms with Crippen LogP contribution < -0.4 is 0 Å². The van der Waals surface area contributed by atoms with Gasteiger partial charge in [-0.2, -0.15) is 0 Å². The Morgan fingerprint density at radius 1 is 1.12 bits per heavy atom. The fourth-order valence-electron chi connectivity index (χ4n) is 4.47. The van der Waals surface area contributed by atoms with Crippen molar-refractivity contribution in [3.63, 3.8) is 0 Å². The van der Waals surface area contributed by atoms with Crippen LogP contribution in [0, 0.1) is 6.92 Å². The summed E-state index contributed by atoms with van der Waals surface area (Å²) in [6, 6.07) is 7.19. The zero-order chi connectivity index (χ0) is 16.5. The molecule has 1 N–H and O–H groups in total. The lowest BCUT2D eigenvalue weighted by Crippen LogP contribution is -2.43. The van der Waals surface area contributed by atoms with Gasteiger partial charge >= 0.3 is 0 Å². The zero-order valence-corrected chi connectivity index (χ0v) is 14.6. The maximum absolute atomic E-state index is 9.57. The summed E-state index contributed by atoms with van der Waals surface area (Å²) in [5.74, 6) is 0. The van der Waals surface area contributed by atoms with Gasteiger partial charge in [-0.1, -0.05) is 6.07 Å². The number of rotatable bonds is 5. The summed E-state index contributed by atoms with van der Waals surface area (Å²) in [6.07, 6.45) is 7.04. The van der Waals surface area contributed by atoms with Crippen LogP contribution in [-0.2, 0) is 6.54 Å². The van der Waals surface area contributed by atoms with E-state index in [9.17, 15) is 5.11 Å². The number of nitrogens with zero attached hydrogens (tertiary/aromatic N) is 4. The first-order chi connectivity index (χ1) is 11.8. The maximum Gasteiger partial charge on any atom is 0.137 e. The number of fused-ring (bicyclic) bond motifs is 1. The Labute approximate surface area is 143 Å². The molecule has 2 saturated heterocycles. The largest absolute Gasteiger partial charge is 0.395 e. The molecule has 0 spiro atoms. The lowest BCUT2D eigenvalue weighted by Gasteiger charge is -2.31. The molecule has 24 heavy (non-hydrogen) atoms. The third-order valence-electron chi connectivity index (χ3n) is 5.84. The predicted molar refractivity (Wildman–Crippen MR) is 95.0 cm³/mol. The van der Waals surface area contributed by atoms with E-state index in [-0.39, 0.29) is 0 Å². The average Bonchev–Trinajstić information content (AvgIpc) is 3.29. The molecule has 0 amide bonds. The van der Waals surface area contributed by atoms with Crippen LogP contribution in [0.5, 0.6) is 0 Å². The van der Waals surface area contributed by atoms with Crippen LogP contribution in [0.25, 0.3) is 5.65 Å². The Morgan fingerprint density at radius 2 is 1.92 bits per heavy atom. The SMILES string of the molecule is Cc1nc2ccccn2c1CN1CCCC1CN1CCCC1CO. The molecule has 2 unspecified atom stereocenters. The van der Waals surface area contributed by atoms with Crippen LogP contribution in [0.2, 0.25) is 0 Å². The van der Waals surface area contributed by atoms with E-state index >= 15 is 0 Å². The second-order valence-electron chi connectivity index (χ2n) is 7.31. The van der Waals surface area contributed by atoms with Crippen LogP contribution in [-0.4, -0.2) is 62.6 Å². The number of aromatic nitrogens is 2. The third-order valence-corrected chi connectivity index (χ3v) is 5.84. The van der Waals surface area contributed by atoms with Gasteiger partial charge in [0.1, 0.15) is 5.65 Å². The number of hydrogen-bond donors (Lipinski definition) is 1. The molecule has 2 aliphatic rings. The number of aliphatic hydroxyl groups excluding tert-OH is 1. The molecule has 0 aromatic carbocycles. The van der Waals surface area contributed by atoms with Crippen molar-refractivity contribution in [1.29, 1.82) is 0 Å². The summed E-state index contributed by atoms with van der Waals surface area (Å²) in [4.78, 5) is 9.83. The minimum atomic E-state index is 0.305. The number of aryl methyl sites for hydroxylation is 1. The minimum absolute atomic E-state index is 0.305. The smallest absolute Gasteiger partial charge is 0.137 e. The van der Waals surface area contributed by atoms with Gasteiger partial charge in [-0.25, -0.2) is 4.98 Å². The van der Waals surface area contributed by atoms with E-state index < -0.39 is 0 Å². The molecule has 0 radical (unpaired) electrons. The van der Waals surface area contributed by atoms with E-state index in [1.807, 2.05) is 6.07 Å². The normalized spacial score (nSPS) is 25.9. The van der Waals surface area contributed by atoms with E-state index in [4.69, 9.17) is 4.98 Å². The summed E-state index contributed by atoms with van der Waals surface area (Å²) in [6.45, 7) is 6.81. The summed E-state index contributed by atoms with van der Waals surface area (Å²) in [5.41, 5.74) is 3.50. The molecule has 130 valence electrons. The standard InChI is InChI=1S/C19H28N4O/c1-15-18(23-11-3-2-8-19(23)20-15)13-22-10-4-6-16(22)12-21-9-5-7-17(21)14-24/h2-3,8,11,16-17,24H,4-7,9-10,12-14H2,1H3. The molecule has 0 aliphatic carbocycles. The van der Waals surface area contributed by atoms with Crippen molar-refractivity contribution in [3.05, 3.63) is 35.8 Å². The maximum atomic E-state index is 9.57. The highest BCUT2D eigenvalue weighted by molar-refractivity contribution is 5.42. The van der Waals surface area contributed by atoms with E-state index in [0.717, 1.165) is 37.4 Å². The summed E-state index contributed by atoms with van der Waals surface area (Å²) >= 11 is 0. The molecule has 2 atom stereocenters. The molecule has 2 aromatic rings. The van der Waals surface area contributed by atoms with E-state index in [2.05, 4.69) is 39.5 Å². The number of imidazole rings is 1. The average molecular weight is 328 g/mol. The number of likely N-dealkylation sites (tertiary alicyclic amines) is 2. The van der Waals surface area contributed by atoms with Crippen molar-refractivity contribution >= 4 is 5.65 Å². The molecule has 4 heterocycles. The Hall–Kier alpha value is -1.43. The van der Waals surface area contributed by atoms with Gasteiger partial charge in [0, 0.05) is 31.4 Å². The number of aliphatic hydroxyl groups is 1. The van der Waals surface area contributed by atoms with Gasteiger partial charge in [-0.05, 0) is 57.8 Å².